The van der Waals surface area contributed by atoms with Crippen molar-refractivity contribution in [1.29, 1.82) is 0 Å². The smallest absolute Gasteiger partial charge is 0.287 e. The van der Waals surface area contributed by atoms with Crippen LogP contribution in [0.25, 0.3) is 11.0 Å². The predicted molar refractivity (Wildman–Crippen MR) is 111 cm³/mol. The molecule has 6 rings (SSSR count). The van der Waals surface area contributed by atoms with E-state index in [1.54, 1.807) is 6.20 Å². The van der Waals surface area contributed by atoms with Crippen molar-refractivity contribution in [2.75, 3.05) is 13.1 Å². The number of furan rings is 1. The van der Waals surface area contributed by atoms with Gasteiger partial charge in [-0.15, -0.1) is 12.4 Å². The summed E-state index contributed by atoms with van der Waals surface area (Å²) in [5, 5.41) is 4.26. The van der Waals surface area contributed by atoms with Crippen molar-refractivity contribution >= 4 is 29.3 Å². The van der Waals surface area contributed by atoms with Gasteiger partial charge in [0.15, 0.2) is 5.76 Å². The van der Waals surface area contributed by atoms with Crippen LogP contribution in [-0.2, 0) is 6.42 Å². The van der Waals surface area contributed by atoms with E-state index >= 15 is 0 Å². The summed E-state index contributed by atoms with van der Waals surface area (Å²) >= 11 is 0. The van der Waals surface area contributed by atoms with E-state index < -0.39 is 0 Å². The fourth-order valence-electron chi connectivity index (χ4n) is 4.70. The molecular weight excluding hydrogens is 374 g/mol. The lowest BCUT2D eigenvalue weighted by molar-refractivity contribution is 0.0131. The summed E-state index contributed by atoms with van der Waals surface area (Å²) in [7, 11) is 0. The molecule has 5 nitrogen and oxygen atoms in total. The van der Waals surface area contributed by atoms with Crippen LogP contribution in [0.1, 0.15) is 29.0 Å². The maximum atomic E-state index is 12.9. The Morgan fingerprint density at radius 3 is 2.75 bits per heavy atom. The summed E-state index contributed by atoms with van der Waals surface area (Å²) in [6.45, 7) is 2.24. The van der Waals surface area contributed by atoms with Crippen molar-refractivity contribution in [3.05, 3.63) is 66.2 Å². The summed E-state index contributed by atoms with van der Waals surface area (Å²) in [6, 6.07) is 14.1. The standard InChI is InChI=1S/C22H23N3O2.ClH/c26-22(20-13-17-5-1-2-6-19(17)27-20)24-21-16-7-10-25(11-8-16)18(21)12-15-4-3-9-23-14-15;/h1-6,9,13-14,16,18,21H,7-8,10-12H2,(H,24,26);1H/t18-,21+;/m0./s1. The largest absolute Gasteiger partial charge is 0.451 e. The molecule has 2 atom stereocenters. The molecule has 0 spiro atoms. The van der Waals surface area contributed by atoms with Crippen LogP contribution in [0.3, 0.4) is 0 Å². The van der Waals surface area contributed by atoms with Gasteiger partial charge in [0.2, 0.25) is 0 Å². The Hall–Kier alpha value is -2.37. The molecule has 0 unspecified atom stereocenters. The molecule has 3 aromatic rings. The fourth-order valence-corrected chi connectivity index (χ4v) is 4.70. The lowest BCUT2D eigenvalue weighted by atomic mass is 9.76. The molecular formula is C22H24ClN3O2. The molecule has 2 bridgehead atoms. The number of fused-ring (bicyclic) bond motifs is 4. The van der Waals surface area contributed by atoms with Crippen LogP contribution < -0.4 is 5.32 Å². The molecule has 1 aromatic carbocycles. The van der Waals surface area contributed by atoms with E-state index in [4.69, 9.17) is 4.42 Å². The number of hydrogen-bond acceptors (Lipinski definition) is 4. The first-order valence-corrected chi connectivity index (χ1v) is 9.70. The van der Waals surface area contributed by atoms with Crippen molar-refractivity contribution in [3.8, 4) is 0 Å². The number of rotatable bonds is 4. The van der Waals surface area contributed by atoms with Crippen LogP contribution in [0.2, 0.25) is 0 Å². The average Bonchev–Trinajstić information content (AvgIpc) is 3.16. The third kappa shape index (κ3) is 3.52. The molecule has 0 aliphatic carbocycles. The van der Waals surface area contributed by atoms with Crippen LogP contribution in [0, 0.1) is 5.92 Å². The van der Waals surface area contributed by atoms with Gasteiger partial charge in [0.05, 0.1) is 0 Å². The van der Waals surface area contributed by atoms with Gasteiger partial charge < -0.3 is 9.73 Å². The summed E-state index contributed by atoms with van der Waals surface area (Å²) in [6.07, 6.45) is 6.94. The highest BCUT2D eigenvalue weighted by Crippen LogP contribution is 2.34. The Kier molecular flexibility index (Phi) is 5.38. The molecule has 6 heteroatoms. The molecule has 1 N–H and O–H groups in total. The monoisotopic (exact) mass is 397 g/mol. The molecule has 3 fully saturated rings. The third-order valence-electron chi connectivity index (χ3n) is 6.08. The Morgan fingerprint density at radius 2 is 2.00 bits per heavy atom. The molecule has 5 heterocycles. The summed E-state index contributed by atoms with van der Waals surface area (Å²) in [5.41, 5.74) is 1.97. The van der Waals surface area contributed by atoms with Crippen molar-refractivity contribution in [1.82, 2.24) is 15.2 Å². The lowest BCUT2D eigenvalue weighted by Gasteiger charge is -2.51. The quantitative estimate of drug-likeness (QED) is 0.729. The Bertz CT molecular complexity index is 918. The Balaban J connectivity index is 0.00000192. The lowest BCUT2D eigenvalue weighted by Crippen LogP contribution is -2.64. The van der Waals surface area contributed by atoms with E-state index in [9.17, 15) is 4.79 Å². The number of nitrogens with one attached hydrogen (secondary N) is 1. The maximum Gasteiger partial charge on any atom is 0.287 e. The third-order valence-corrected chi connectivity index (χ3v) is 6.08. The fraction of sp³-hybridized carbons (Fsp3) is 0.364. The number of halogens is 1. The normalized spacial score (nSPS) is 26.0. The number of benzene rings is 1. The van der Waals surface area contributed by atoms with Crippen LogP contribution in [-0.4, -0.2) is 41.0 Å². The van der Waals surface area contributed by atoms with Gasteiger partial charge in [-0.3, -0.25) is 14.7 Å². The van der Waals surface area contributed by atoms with Gasteiger partial charge in [-0.1, -0.05) is 24.3 Å². The van der Waals surface area contributed by atoms with Gasteiger partial charge in [-0.25, -0.2) is 0 Å². The van der Waals surface area contributed by atoms with E-state index in [0.717, 1.165) is 43.3 Å². The Morgan fingerprint density at radius 1 is 1.18 bits per heavy atom. The molecule has 3 saturated heterocycles. The molecule has 0 radical (unpaired) electrons. The number of aromatic nitrogens is 1. The zero-order valence-electron chi connectivity index (χ0n) is 15.6. The number of carbonyl (C=O) groups is 1. The maximum absolute atomic E-state index is 12.9. The first-order chi connectivity index (χ1) is 13.3. The van der Waals surface area contributed by atoms with Crippen LogP contribution >= 0.6 is 12.4 Å². The van der Waals surface area contributed by atoms with Gasteiger partial charge >= 0.3 is 0 Å². The summed E-state index contributed by atoms with van der Waals surface area (Å²) in [5.74, 6) is 0.818. The van der Waals surface area contributed by atoms with E-state index in [2.05, 4.69) is 21.3 Å². The van der Waals surface area contributed by atoms with E-state index in [0.29, 0.717) is 17.7 Å². The molecule has 3 aliphatic rings. The topological polar surface area (TPSA) is 58.4 Å². The minimum Gasteiger partial charge on any atom is -0.451 e. The van der Waals surface area contributed by atoms with Crippen molar-refractivity contribution in [2.45, 2.75) is 31.3 Å². The molecule has 3 aliphatic heterocycles. The number of pyridine rings is 1. The highest BCUT2D eigenvalue weighted by molar-refractivity contribution is 5.96. The first kappa shape index (κ1) is 19.0. The van der Waals surface area contributed by atoms with E-state index in [1.165, 1.54) is 5.56 Å². The van der Waals surface area contributed by atoms with Gasteiger partial charge in [0, 0.05) is 29.9 Å². The zero-order valence-corrected chi connectivity index (χ0v) is 16.4. The minimum absolute atomic E-state index is 0. The SMILES string of the molecule is Cl.O=C(N[C@@H]1C2CCN(CC2)[C@H]1Cc1cccnc1)c1cc2ccccc2o1. The second kappa shape index (κ2) is 7.94. The number of hydrogen-bond donors (Lipinski definition) is 1. The highest BCUT2D eigenvalue weighted by atomic mass is 35.5. The van der Waals surface area contributed by atoms with Gasteiger partial charge in [-0.2, -0.15) is 0 Å². The van der Waals surface area contributed by atoms with Crippen molar-refractivity contribution in [2.24, 2.45) is 5.92 Å². The molecule has 1 amide bonds. The number of carbonyl (C=O) groups excluding carboxylic acids is 1. The van der Waals surface area contributed by atoms with Gasteiger partial charge in [0.1, 0.15) is 5.58 Å². The summed E-state index contributed by atoms with van der Waals surface area (Å²) in [4.78, 5) is 19.7. The number of piperidine rings is 3. The van der Waals surface area contributed by atoms with Crippen LogP contribution in [0.15, 0.2) is 59.3 Å². The van der Waals surface area contributed by atoms with Crippen LogP contribution in [0.4, 0.5) is 0 Å². The second-order valence-electron chi connectivity index (χ2n) is 7.65. The highest BCUT2D eigenvalue weighted by Gasteiger charge is 2.43. The minimum atomic E-state index is -0.110. The number of para-hydroxylation sites is 1. The molecule has 146 valence electrons. The molecule has 28 heavy (non-hydrogen) atoms. The summed E-state index contributed by atoms with van der Waals surface area (Å²) < 4.78 is 5.77. The van der Waals surface area contributed by atoms with Gasteiger partial charge in [0.25, 0.3) is 5.91 Å². The number of amides is 1. The first-order valence-electron chi connectivity index (χ1n) is 9.70. The van der Waals surface area contributed by atoms with Crippen molar-refractivity contribution < 1.29 is 9.21 Å². The second-order valence-corrected chi connectivity index (χ2v) is 7.65. The van der Waals surface area contributed by atoms with E-state index in [1.807, 2.05) is 42.6 Å². The van der Waals surface area contributed by atoms with Crippen LogP contribution in [0.5, 0.6) is 0 Å². The van der Waals surface area contributed by atoms with Crippen molar-refractivity contribution in [3.63, 3.8) is 0 Å². The predicted octanol–water partition coefficient (Wildman–Crippen LogP) is 3.68. The number of nitrogens with zero attached hydrogens (tertiary/aromatic N) is 2. The zero-order chi connectivity index (χ0) is 18.2. The molecule has 0 saturated carbocycles. The van der Waals surface area contributed by atoms with E-state index in [-0.39, 0.29) is 24.4 Å². The van der Waals surface area contributed by atoms with Gasteiger partial charge in [-0.05, 0) is 62.0 Å². The Labute approximate surface area is 170 Å². The molecule has 2 aromatic heterocycles. The average molecular weight is 398 g/mol.